The van der Waals surface area contributed by atoms with Crippen molar-refractivity contribution in [1.82, 2.24) is 10.3 Å². The Hall–Kier alpha value is -2.81. The zero-order valence-electron chi connectivity index (χ0n) is 18.0. The highest BCUT2D eigenvalue weighted by atomic mass is 35.5. The Bertz CT molecular complexity index is 1070. The molecule has 2 aromatic rings. The Balaban J connectivity index is 1.43. The first-order chi connectivity index (χ1) is 15.6. The molecule has 6 nitrogen and oxygen atoms in total. The van der Waals surface area contributed by atoms with Gasteiger partial charge in [-0.1, -0.05) is 11.6 Å². The number of piperidine rings is 1. The van der Waals surface area contributed by atoms with Gasteiger partial charge in [-0.05, 0) is 62.9 Å². The summed E-state index contributed by atoms with van der Waals surface area (Å²) >= 11 is 6.15. The normalized spacial score (nSPS) is 18.7. The molecule has 1 aliphatic heterocycles. The Kier molecular flexibility index (Phi) is 6.52. The monoisotopic (exact) mass is 480 g/mol. The highest BCUT2D eigenvalue weighted by molar-refractivity contribution is 6.33. The Morgan fingerprint density at radius 1 is 1.15 bits per heavy atom. The summed E-state index contributed by atoms with van der Waals surface area (Å²) in [5.41, 5.74) is 0.707. The van der Waals surface area contributed by atoms with Crippen LogP contribution in [-0.4, -0.2) is 35.9 Å². The van der Waals surface area contributed by atoms with Crippen LogP contribution < -0.4 is 15.5 Å². The van der Waals surface area contributed by atoms with Gasteiger partial charge in [0.2, 0.25) is 5.91 Å². The first kappa shape index (κ1) is 23.4. The van der Waals surface area contributed by atoms with Gasteiger partial charge >= 0.3 is 6.18 Å². The lowest BCUT2D eigenvalue weighted by Crippen LogP contribution is -2.48. The number of pyridine rings is 1. The number of carbonyl (C=O) groups excluding carboxylic acids is 2. The fourth-order valence-electron chi connectivity index (χ4n) is 3.96. The molecule has 10 heteroatoms. The number of rotatable bonds is 5. The second-order valence-electron chi connectivity index (χ2n) is 8.57. The molecule has 2 N–H and O–H groups in total. The fourth-order valence-corrected chi connectivity index (χ4v) is 4.26. The summed E-state index contributed by atoms with van der Waals surface area (Å²) < 4.78 is 38.8. The smallest absolute Gasteiger partial charge is 0.368 e. The second kappa shape index (κ2) is 9.21. The summed E-state index contributed by atoms with van der Waals surface area (Å²) in [4.78, 5) is 31.1. The minimum atomic E-state index is -4.46. The van der Waals surface area contributed by atoms with Crippen molar-refractivity contribution < 1.29 is 22.8 Å². The Labute approximate surface area is 194 Å². The molecule has 2 amide bonds. The summed E-state index contributed by atoms with van der Waals surface area (Å²) in [6, 6.07) is 6.31. The van der Waals surface area contributed by atoms with Gasteiger partial charge in [0.05, 0.1) is 16.3 Å². The summed E-state index contributed by atoms with van der Waals surface area (Å²) in [6.45, 7) is 2.80. The van der Waals surface area contributed by atoms with Gasteiger partial charge in [0.15, 0.2) is 0 Å². The number of alkyl halides is 3. The van der Waals surface area contributed by atoms with Crippen LogP contribution in [0.5, 0.6) is 0 Å². The van der Waals surface area contributed by atoms with E-state index in [-0.39, 0.29) is 28.8 Å². The lowest BCUT2D eigenvalue weighted by molar-refractivity contribution is -0.137. The van der Waals surface area contributed by atoms with E-state index in [4.69, 9.17) is 11.6 Å². The zero-order chi connectivity index (χ0) is 23.8. The molecule has 1 aromatic heterocycles. The average Bonchev–Trinajstić information content (AvgIpc) is 3.58. The molecular formula is C23H24ClF3N4O2. The standard InChI is InChI=1S/C23H24ClF3N4O2/c1-13-9-15(10-20(28-13)30-21(32)14-4-5-14)22(33)29-17-3-2-8-31(12-17)19-7-6-16(11-18(19)24)23(25,26)27/h6-7,9-11,14,17H,2-5,8,12H2,1H3,(H,29,33)(H,28,30,32)/t17-/m1/s1. The minimum Gasteiger partial charge on any atom is -0.368 e. The maximum Gasteiger partial charge on any atom is 0.416 e. The predicted octanol–water partition coefficient (Wildman–Crippen LogP) is 4.81. The number of anilines is 2. The number of hydrogen-bond donors (Lipinski definition) is 2. The lowest BCUT2D eigenvalue weighted by Gasteiger charge is -2.35. The number of benzene rings is 1. The third-order valence-electron chi connectivity index (χ3n) is 5.79. The highest BCUT2D eigenvalue weighted by Crippen LogP contribution is 2.36. The molecule has 0 radical (unpaired) electrons. The van der Waals surface area contributed by atoms with Crippen molar-refractivity contribution in [2.45, 2.75) is 44.8 Å². The molecule has 33 heavy (non-hydrogen) atoms. The van der Waals surface area contributed by atoms with Gasteiger partial charge in [-0.3, -0.25) is 9.59 Å². The molecule has 1 aromatic carbocycles. The molecule has 0 bridgehead atoms. The van der Waals surface area contributed by atoms with Crippen molar-refractivity contribution in [2.75, 3.05) is 23.3 Å². The van der Waals surface area contributed by atoms with Crippen molar-refractivity contribution in [3.8, 4) is 0 Å². The summed E-state index contributed by atoms with van der Waals surface area (Å²) in [6.07, 6.45) is -1.24. The zero-order valence-corrected chi connectivity index (χ0v) is 18.8. The topological polar surface area (TPSA) is 74.3 Å². The molecule has 1 atom stereocenters. The van der Waals surface area contributed by atoms with Crippen LogP contribution in [0.1, 0.15) is 47.3 Å². The molecule has 1 saturated carbocycles. The number of amides is 2. The van der Waals surface area contributed by atoms with Crippen LogP contribution in [-0.2, 0) is 11.0 Å². The van der Waals surface area contributed by atoms with E-state index in [2.05, 4.69) is 15.6 Å². The van der Waals surface area contributed by atoms with Gasteiger partial charge < -0.3 is 15.5 Å². The summed E-state index contributed by atoms with van der Waals surface area (Å²) in [5.74, 6) is -0.0164. The molecule has 4 rings (SSSR count). The van der Waals surface area contributed by atoms with E-state index in [9.17, 15) is 22.8 Å². The Morgan fingerprint density at radius 3 is 2.58 bits per heavy atom. The molecular weight excluding hydrogens is 457 g/mol. The van der Waals surface area contributed by atoms with Gasteiger partial charge in [0.1, 0.15) is 5.82 Å². The summed E-state index contributed by atoms with van der Waals surface area (Å²) in [7, 11) is 0. The van der Waals surface area contributed by atoms with E-state index < -0.39 is 11.7 Å². The molecule has 2 heterocycles. The molecule has 2 fully saturated rings. The van der Waals surface area contributed by atoms with Gasteiger partial charge in [0.25, 0.3) is 5.91 Å². The SMILES string of the molecule is Cc1cc(C(=O)N[C@@H]2CCCN(c3ccc(C(F)(F)F)cc3Cl)C2)cc(NC(=O)C2CC2)n1. The van der Waals surface area contributed by atoms with E-state index in [1.165, 1.54) is 6.07 Å². The number of carbonyl (C=O) groups is 2. The highest BCUT2D eigenvalue weighted by Gasteiger charge is 2.32. The maximum absolute atomic E-state index is 12.9. The van der Waals surface area contributed by atoms with Crippen LogP contribution in [0.15, 0.2) is 30.3 Å². The van der Waals surface area contributed by atoms with Crippen molar-refractivity contribution in [2.24, 2.45) is 5.92 Å². The Morgan fingerprint density at radius 2 is 1.91 bits per heavy atom. The van der Waals surface area contributed by atoms with Crippen LogP contribution in [0.4, 0.5) is 24.7 Å². The molecule has 0 unspecified atom stereocenters. The first-order valence-corrected chi connectivity index (χ1v) is 11.2. The second-order valence-corrected chi connectivity index (χ2v) is 8.98. The quantitative estimate of drug-likeness (QED) is 0.644. The third kappa shape index (κ3) is 5.76. The van der Waals surface area contributed by atoms with Crippen LogP contribution in [0, 0.1) is 12.8 Å². The van der Waals surface area contributed by atoms with Crippen LogP contribution in [0.2, 0.25) is 5.02 Å². The lowest BCUT2D eigenvalue weighted by atomic mass is 10.0. The molecule has 176 valence electrons. The predicted molar refractivity (Wildman–Crippen MR) is 119 cm³/mol. The molecule has 0 spiro atoms. The number of nitrogens with one attached hydrogen (secondary N) is 2. The fraction of sp³-hybridized carbons (Fsp3) is 0.435. The van der Waals surface area contributed by atoms with Gasteiger partial charge in [0, 0.05) is 36.3 Å². The van der Waals surface area contributed by atoms with E-state index in [0.717, 1.165) is 37.8 Å². The molecule has 1 aliphatic carbocycles. The molecule has 1 saturated heterocycles. The largest absolute Gasteiger partial charge is 0.416 e. The van der Waals surface area contributed by atoms with Crippen molar-refractivity contribution >= 4 is 34.9 Å². The van der Waals surface area contributed by atoms with Gasteiger partial charge in [-0.2, -0.15) is 13.2 Å². The number of aromatic nitrogens is 1. The van der Waals surface area contributed by atoms with Crippen LogP contribution in [0.25, 0.3) is 0 Å². The van der Waals surface area contributed by atoms with Gasteiger partial charge in [-0.25, -0.2) is 4.98 Å². The summed E-state index contributed by atoms with van der Waals surface area (Å²) in [5, 5.41) is 5.77. The maximum atomic E-state index is 12.9. The third-order valence-corrected chi connectivity index (χ3v) is 6.09. The van der Waals surface area contributed by atoms with E-state index >= 15 is 0 Å². The van der Waals surface area contributed by atoms with Crippen molar-refractivity contribution in [1.29, 1.82) is 0 Å². The van der Waals surface area contributed by atoms with Gasteiger partial charge in [-0.15, -0.1) is 0 Å². The first-order valence-electron chi connectivity index (χ1n) is 10.8. The average molecular weight is 481 g/mol. The van der Waals surface area contributed by atoms with E-state index in [0.29, 0.717) is 35.9 Å². The minimum absolute atomic E-state index is 0.0230. The van der Waals surface area contributed by atoms with Crippen molar-refractivity contribution in [3.63, 3.8) is 0 Å². The molecule has 2 aliphatic rings. The van der Waals surface area contributed by atoms with E-state index in [1.54, 1.807) is 19.1 Å². The van der Waals surface area contributed by atoms with Crippen LogP contribution >= 0.6 is 11.6 Å². The number of hydrogen-bond acceptors (Lipinski definition) is 4. The van der Waals surface area contributed by atoms with Crippen LogP contribution in [0.3, 0.4) is 0 Å². The van der Waals surface area contributed by atoms with E-state index in [1.807, 2.05) is 4.90 Å². The van der Waals surface area contributed by atoms with Crippen molar-refractivity contribution in [3.05, 3.63) is 52.2 Å². The number of halogens is 4. The number of aryl methyl sites for hydroxylation is 1. The number of nitrogens with zero attached hydrogens (tertiary/aromatic N) is 2.